The van der Waals surface area contributed by atoms with Crippen molar-refractivity contribution in [1.29, 1.82) is 0 Å². The molecule has 3 rings (SSSR count). The van der Waals surface area contributed by atoms with Crippen LogP contribution in [-0.2, 0) is 11.2 Å². The molecule has 0 atom stereocenters. The van der Waals surface area contributed by atoms with E-state index in [0.717, 1.165) is 5.56 Å². The van der Waals surface area contributed by atoms with Crippen LogP contribution in [0.5, 0.6) is 0 Å². The Bertz CT molecular complexity index is 982. The number of aromatic nitrogens is 2. The van der Waals surface area contributed by atoms with E-state index in [1.807, 2.05) is 13.0 Å². The molecule has 128 valence electrons. The maximum absolute atomic E-state index is 13.6. The molecule has 1 heterocycles. The Labute approximate surface area is 143 Å². The summed E-state index contributed by atoms with van der Waals surface area (Å²) in [5.41, 5.74) is 1.50. The van der Waals surface area contributed by atoms with E-state index in [-0.39, 0.29) is 23.6 Å². The second-order valence-electron chi connectivity index (χ2n) is 5.91. The lowest BCUT2D eigenvalue weighted by molar-refractivity contribution is -0.116. The van der Waals surface area contributed by atoms with E-state index in [1.54, 1.807) is 30.3 Å². The van der Waals surface area contributed by atoms with E-state index in [1.165, 1.54) is 6.07 Å². The number of carbonyl (C=O) groups is 1. The first-order valence-electron chi connectivity index (χ1n) is 8.07. The van der Waals surface area contributed by atoms with Crippen molar-refractivity contribution in [3.8, 4) is 0 Å². The molecule has 2 N–H and O–H groups in total. The molecule has 6 heteroatoms. The predicted molar refractivity (Wildman–Crippen MR) is 95.1 cm³/mol. The number of carbonyl (C=O) groups excluding carboxylic acids is 1. The zero-order chi connectivity index (χ0) is 17.8. The van der Waals surface area contributed by atoms with Crippen LogP contribution in [0.15, 0.2) is 47.3 Å². The Morgan fingerprint density at radius 2 is 2.04 bits per heavy atom. The molecule has 3 aromatic rings. The Balaban J connectivity index is 1.60. The number of amides is 1. The summed E-state index contributed by atoms with van der Waals surface area (Å²) in [6.45, 7) is 1.83. The lowest BCUT2D eigenvalue weighted by Gasteiger charge is -2.07. The first kappa shape index (κ1) is 16.8. The number of nitrogens with zero attached hydrogens (tertiary/aromatic N) is 1. The molecule has 0 aliphatic carbocycles. The van der Waals surface area contributed by atoms with Crippen LogP contribution in [0.25, 0.3) is 10.9 Å². The van der Waals surface area contributed by atoms with Gasteiger partial charge in [0.25, 0.3) is 5.56 Å². The van der Waals surface area contributed by atoms with Crippen molar-refractivity contribution < 1.29 is 9.18 Å². The summed E-state index contributed by atoms with van der Waals surface area (Å²) >= 11 is 0. The molecule has 25 heavy (non-hydrogen) atoms. The molecule has 0 aliphatic rings. The van der Waals surface area contributed by atoms with Crippen molar-refractivity contribution >= 4 is 22.5 Å². The molecule has 0 spiro atoms. The summed E-state index contributed by atoms with van der Waals surface area (Å²) in [6.07, 6.45) is 1.17. The van der Waals surface area contributed by atoms with Gasteiger partial charge in [0.2, 0.25) is 5.91 Å². The zero-order valence-electron chi connectivity index (χ0n) is 13.8. The number of rotatable bonds is 5. The molecule has 0 fully saturated rings. The van der Waals surface area contributed by atoms with Gasteiger partial charge < -0.3 is 10.3 Å². The van der Waals surface area contributed by atoms with E-state index in [0.29, 0.717) is 29.6 Å². The molecular formula is C19H18FN3O2. The fourth-order valence-corrected chi connectivity index (χ4v) is 2.62. The zero-order valence-corrected chi connectivity index (χ0v) is 13.8. The largest absolute Gasteiger partial charge is 0.324 e. The molecule has 0 aliphatic heterocycles. The van der Waals surface area contributed by atoms with Gasteiger partial charge in [0, 0.05) is 12.8 Å². The van der Waals surface area contributed by atoms with Gasteiger partial charge in [-0.15, -0.1) is 0 Å². The first-order chi connectivity index (χ1) is 12.0. The van der Waals surface area contributed by atoms with Gasteiger partial charge >= 0.3 is 0 Å². The highest BCUT2D eigenvalue weighted by Crippen LogP contribution is 2.16. The number of para-hydroxylation sites is 1. The lowest BCUT2D eigenvalue weighted by atomic mass is 10.2. The average Bonchev–Trinajstić information content (AvgIpc) is 2.58. The van der Waals surface area contributed by atoms with Gasteiger partial charge in [-0.3, -0.25) is 9.59 Å². The van der Waals surface area contributed by atoms with Gasteiger partial charge in [-0.2, -0.15) is 0 Å². The van der Waals surface area contributed by atoms with Gasteiger partial charge in [0.15, 0.2) is 0 Å². The van der Waals surface area contributed by atoms with Gasteiger partial charge in [0.05, 0.1) is 16.6 Å². The summed E-state index contributed by atoms with van der Waals surface area (Å²) in [7, 11) is 0. The minimum atomic E-state index is -0.459. The standard InChI is InChI=1S/C19H18FN3O2/c1-12-9-10-14(20)16(11-12)22-18(24)8-4-7-17-21-15-6-3-2-5-13(15)19(25)23-17/h2-3,5-6,9-11H,4,7-8H2,1H3,(H,22,24)(H,21,23,25). The van der Waals surface area contributed by atoms with Crippen LogP contribution >= 0.6 is 0 Å². The number of H-pyrrole nitrogens is 1. The fraction of sp³-hybridized carbons (Fsp3) is 0.211. The Hall–Kier alpha value is -3.02. The third kappa shape index (κ3) is 4.09. The Kier molecular flexibility index (Phi) is 4.88. The molecule has 0 bridgehead atoms. The number of halogens is 1. The molecule has 2 aromatic carbocycles. The van der Waals surface area contributed by atoms with Gasteiger partial charge in [0.1, 0.15) is 11.6 Å². The molecule has 0 saturated carbocycles. The topological polar surface area (TPSA) is 74.8 Å². The third-order valence-electron chi connectivity index (χ3n) is 3.88. The lowest BCUT2D eigenvalue weighted by Crippen LogP contribution is -2.15. The van der Waals surface area contributed by atoms with E-state index in [4.69, 9.17) is 0 Å². The van der Waals surface area contributed by atoms with E-state index in [9.17, 15) is 14.0 Å². The van der Waals surface area contributed by atoms with Crippen LogP contribution in [0.4, 0.5) is 10.1 Å². The molecule has 0 radical (unpaired) electrons. The number of nitrogens with one attached hydrogen (secondary N) is 2. The summed E-state index contributed by atoms with van der Waals surface area (Å²) in [6, 6.07) is 11.7. The van der Waals surface area contributed by atoms with Crippen LogP contribution in [0.3, 0.4) is 0 Å². The molecule has 0 saturated heterocycles. The average molecular weight is 339 g/mol. The first-order valence-corrected chi connectivity index (χ1v) is 8.07. The molecule has 5 nitrogen and oxygen atoms in total. The maximum atomic E-state index is 13.6. The Morgan fingerprint density at radius 1 is 1.24 bits per heavy atom. The normalized spacial score (nSPS) is 10.8. The summed E-state index contributed by atoms with van der Waals surface area (Å²) in [5.74, 6) is -0.189. The van der Waals surface area contributed by atoms with Crippen molar-refractivity contribution in [2.45, 2.75) is 26.2 Å². The number of fused-ring (bicyclic) bond motifs is 1. The van der Waals surface area contributed by atoms with E-state index in [2.05, 4.69) is 15.3 Å². The quantitative estimate of drug-likeness (QED) is 0.749. The van der Waals surface area contributed by atoms with Gasteiger partial charge in [-0.05, 0) is 43.2 Å². The van der Waals surface area contributed by atoms with Crippen molar-refractivity contribution in [2.24, 2.45) is 0 Å². The monoisotopic (exact) mass is 339 g/mol. The minimum absolute atomic E-state index is 0.183. The maximum Gasteiger partial charge on any atom is 0.258 e. The summed E-state index contributed by atoms with van der Waals surface area (Å²) in [4.78, 5) is 31.1. The number of aryl methyl sites for hydroxylation is 2. The highest BCUT2D eigenvalue weighted by Gasteiger charge is 2.08. The van der Waals surface area contributed by atoms with Crippen LogP contribution in [0.1, 0.15) is 24.2 Å². The number of hydrogen-bond donors (Lipinski definition) is 2. The molecule has 1 amide bonds. The van der Waals surface area contributed by atoms with Gasteiger partial charge in [-0.1, -0.05) is 18.2 Å². The second kappa shape index (κ2) is 7.25. The SMILES string of the molecule is Cc1ccc(F)c(NC(=O)CCCc2nc3ccccc3c(=O)[nH]2)c1. The third-order valence-corrected chi connectivity index (χ3v) is 3.88. The van der Waals surface area contributed by atoms with Crippen molar-refractivity contribution in [3.05, 3.63) is 70.0 Å². The molecule has 0 unspecified atom stereocenters. The summed E-state index contributed by atoms with van der Waals surface area (Å²) < 4.78 is 13.6. The highest BCUT2D eigenvalue weighted by atomic mass is 19.1. The molecule has 1 aromatic heterocycles. The van der Waals surface area contributed by atoms with Crippen molar-refractivity contribution in [3.63, 3.8) is 0 Å². The van der Waals surface area contributed by atoms with Crippen LogP contribution in [0.2, 0.25) is 0 Å². The van der Waals surface area contributed by atoms with Gasteiger partial charge in [-0.25, -0.2) is 9.37 Å². The van der Waals surface area contributed by atoms with Crippen LogP contribution < -0.4 is 10.9 Å². The fourth-order valence-electron chi connectivity index (χ4n) is 2.62. The highest BCUT2D eigenvalue weighted by molar-refractivity contribution is 5.90. The Morgan fingerprint density at radius 3 is 2.88 bits per heavy atom. The smallest absolute Gasteiger partial charge is 0.258 e. The van der Waals surface area contributed by atoms with Crippen molar-refractivity contribution in [1.82, 2.24) is 9.97 Å². The number of aromatic amines is 1. The van der Waals surface area contributed by atoms with E-state index >= 15 is 0 Å². The summed E-state index contributed by atoms with van der Waals surface area (Å²) in [5, 5.41) is 3.11. The minimum Gasteiger partial charge on any atom is -0.324 e. The second-order valence-corrected chi connectivity index (χ2v) is 5.91. The molecular weight excluding hydrogens is 321 g/mol. The van der Waals surface area contributed by atoms with E-state index < -0.39 is 5.82 Å². The predicted octanol–water partition coefficient (Wildman–Crippen LogP) is 3.33. The number of benzene rings is 2. The van der Waals surface area contributed by atoms with Crippen LogP contribution in [0, 0.1) is 12.7 Å². The number of anilines is 1. The number of hydrogen-bond acceptors (Lipinski definition) is 3. The van der Waals surface area contributed by atoms with Crippen molar-refractivity contribution in [2.75, 3.05) is 5.32 Å². The van der Waals surface area contributed by atoms with Crippen LogP contribution in [-0.4, -0.2) is 15.9 Å².